The van der Waals surface area contributed by atoms with Gasteiger partial charge in [-0.15, -0.1) is 0 Å². The second-order valence-corrected chi connectivity index (χ2v) is 3.57. The van der Waals surface area contributed by atoms with Crippen LogP contribution in [0, 0.1) is 11.2 Å². The van der Waals surface area contributed by atoms with E-state index in [4.69, 9.17) is 10.5 Å². The van der Waals surface area contributed by atoms with Crippen molar-refractivity contribution in [1.29, 1.82) is 5.41 Å². The van der Waals surface area contributed by atoms with Crippen LogP contribution in [-0.2, 0) is 6.42 Å². The second-order valence-electron chi connectivity index (χ2n) is 3.57. The third-order valence-electron chi connectivity index (χ3n) is 2.13. The lowest BCUT2D eigenvalue weighted by atomic mass is 10.0. The van der Waals surface area contributed by atoms with Gasteiger partial charge in [0.2, 0.25) is 0 Å². The fraction of sp³-hybridized carbons (Fsp3) is 0.364. The molecule has 82 valence electrons. The summed E-state index contributed by atoms with van der Waals surface area (Å²) in [5, 5.41) is 25.8. The van der Waals surface area contributed by atoms with Gasteiger partial charge in [0.25, 0.3) is 0 Å². The predicted molar refractivity (Wildman–Crippen MR) is 56.1 cm³/mol. The molecule has 3 N–H and O–H groups in total. The third kappa shape index (κ3) is 3.23. The van der Waals surface area contributed by atoms with Gasteiger partial charge in [-0.2, -0.15) is 0 Å². The highest BCUT2D eigenvalue weighted by Gasteiger charge is 2.08. The molecule has 0 heterocycles. The van der Waals surface area contributed by atoms with Crippen LogP contribution in [0.5, 0.6) is 11.5 Å². The topological polar surface area (TPSA) is 64.3 Å². The summed E-state index contributed by atoms with van der Waals surface area (Å²) >= 11 is 0. The SMILES string of the molecule is CC(=N)CCCc1cc([18F])cc(O)c1O. The molecule has 0 unspecified atom stereocenters. The molecule has 1 rings (SSSR count). The molecule has 1 aromatic carbocycles. The number of phenols is 2. The summed E-state index contributed by atoms with van der Waals surface area (Å²) in [6.07, 6.45) is 1.72. The zero-order chi connectivity index (χ0) is 11.4. The summed E-state index contributed by atoms with van der Waals surface area (Å²) in [6.45, 7) is 1.70. The zero-order valence-corrected chi connectivity index (χ0v) is 8.55. The van der Waals surface area contributed by atoms with Crippen LogP contribution in [0.25, 0.3) is 0 Å². The Bertz CT molecular complexity index is 377. The highest BCUT2D eigenvalue weighted by molar-refractivity contribution is 5.78. The molecular weight excluding hydrogens is 196 g/mol. The van der Waals surface area contributed by atoms with Gasteiger partial charge in [0.15, 0.2) is 11.5 Å². The second kappa shape index (κ2) is 4.77. The Kier molecular flexibility index (Phi) is 3.66. The number of rotatable bonds is 4. The molecule has 0 bridgehead atoms. The van der Waals surface area contributed by atoms with Crippen molar-refractivity contribution in [1.82, 2.24) is 0 Å². The molecule has 0 aromatic heterocycles. The molecule has 1 aromatic rings. The molecule has 0 radical (unpaired) electrons. The molecule has 0 spiro atoms. The van der Waals surface area contributed by atoms with Crippen molar-refractivity contribution in [3.05, 3.63) is 23.5 Å². The lowest BCUT2D eigenvalue weighted by molar-refractivity contribution is 0.395. The molecule has 0 aliphatic carbocycles. The quantitative estimate of drug-likeness (QED) is 0.528. The fourth-order valence-electron chi connectivity index (χ4n) is 1.37. The Hall–Kier alpha value is -1.58. The Morgan fingerprint density at radius 3 is 2.67 bits per heavy atom. The van der Waals surface area contributed by atoms with Gasteiger partial charge in [-0.05, 0) is 32.3 Å². The fourth-order valence-corrected chi connectivity index (χ4v) is 1.37. The van der Waals surface area contributed by atoms with Gasteiger partial charge in [0, 0.05) is 17.3 Å². The first-order valence-electron chi connectivity index (χ1n) is 4.75. The van der Waals surface area contributed by atoms with E-state index in [1.54, 1.807) is 6.92 Å². The maximum absolute atomic E-state index is 12.9. The number of nitrogens with one attached hydrogen (secondary N) is 1. The maximum atomic E-state index is 12.9. The van der Waals surface area contributed by atoms with Crippen LogP contribution < -0.4 is 0 Å². The van der Waals surface area contributed by atoms with Crippen LogP contribution >= 0.6 is 0 Å². The number of halogens is 1. The predicted octanol–water partition coefficient (Wildman–Crippen LogP) is 2.60. The Balaban J connectivity index is 2.72. The third-order valence-corrected chi connectivity index (χ3v) is 2.13. The summed E-state index contributed by atoms with van der Waals surface area (Å²) in [5.41, 5.74) is 0.934. The minimum atomic E-state index is -0.563. The van der Waals surface area contributed by atoms with Gasteiger partial charge in [0.1, 0.15) is 5.82 Å². The minimum Gasteiger partial charge on any atom is -0.504 e. The number of hydrogen-bond acceptors (Lipinski definition) is 3. The molecular formula is C11H14FNO2. The number of aromatic hydroxyl groups is 2. The van der Waals surface area contributed by atoms with E-state index in [0.717, 1.165) is 6.07 Å². The van der Waals surface area contributed by atoms with Crippen LogP contribution in [-0.4, -0.2) is 15.9 Å². The molecule has 0 atom stereocenters. The van der Waals surface area contributed by atoms with Crippen molar-refractivity contribution in [2.75, 3.05) is 0 Å². The minimum absolute atomic E-state index is 0.265. The lowest BCUT2D eigenvalue weighted by Crippen LogP contribution is -1.93. The van der Waals surface area contributed by atoms with E-state index in [1.165, 1.54) is 6.07 Å². The van der Waals surface area contributed by atoms with E-state index < -0.39 is 11.6 Å². The van der Waals surface area contributed by atoms with Gasteiger partial charge in [-0.3, -0.25) is 0 Å². The first-order valence-corrected chi connectivity index (χ1v) is 4.75. The molecule has 0 fully saturated rings. The van der Waals surface area contributed by atoms with Gasteiger partial charge in [-0.1, -0.05) is 0 Å². The summed E-state index contributed by atoms with van der Waals surface area (Å²) in [6, 6.07) is 2.08. The number of aryl methyl sites for hydroxylation is 1. The Morgan fingerprint density at radius 2 is 2.07 bits per heavy atom. The van der Waals surface area contributed by atoms with Gasteiger partial charge in [0.05, 0.1) is 0 Å². The molecule has 0 aliphatic heterocycles. The van der Waals surface area contributed by atoms with Gasteiger partial charge < -0.3 is 15.6 Å². The molecule has 0 saturated carbocycles. The number of hydrogen-bond donors (Lipinski definition) is 3. The van der Waals surface area contributed by atoms with Crippen LogP contribution in [0.1, 0.15) is 25.3 Å². The van der Waals surface area contributed by atoms with Crippen LogP contribution in [0.4, 0.5) is 4.39 Å². The van der Waals surface area contributed by atoms with Gasteiger partial charge >= 0.3 is 0 Å². The van der Waals surface area contributed by atoms with E-state index in [1.807, 2.05) is 0 Å². The number of phenolic OH excluding ortho intramolecular Hbond substituents is 2. The highest BCUT2D eigenvalue weighted by atomic mass is 18.2. The molecule has 3 nitrogen and oxygen atoms in total. The van der Waals surface area contributed by atoms with E-state index in [-0.39, 0.29) is 5.75 Å². The molecule has 15 heavy (non-hydrogen) atoms. The first kappa shape index (κ1) is 11.5. The average molecular weight is 210 g/mol. The standard InChI is InChI=1S/C11H14FNO2/c1-7(13)3-2-4-8-5-9(12)6-10(14)11(8)15/h5-6,13-15H,2-4H2,1H3/i12-1. The molecule has 0 amide bonds. The maximum Gasteiger partial charge on any atom is 0.160 e. The van der Waals surface area contributed by atoms with Crippen molar-refractivity contribution in [2.45, 2.75) is 26.2 Å². The molecule has 0 saturated heterocycles. The normalized spacial score (nSPS) is 10.3. The monoisotopic (exact) mass is 210 g/mol. The van der Waals surface area contributed by atoms with E-state index in [9.17, 15) is 9.50 Å². The summed E-state index contributed by atoms with van der Waals surface area (Å²) in [4.78, 5) is 0. The molecule has 0 aliphatic rings. The molecule has 4 heteroatoms. The smallest absolute Gasteiger partial charge is 0.160 e. The van der Waals surface area contributed by atoms with Crippen LogP contribution in [0.2, 0.25) is 0 Å². The van der Waals surface area contributed by atoms with Gasteiger partial charge in [-0.25, -0.2) is 4.39 Å². The summed E-state index contributed by atoms with van der Waals surface area (Å²) in [5.74, 6) is -1.26. The van der Waals surface area contributed by atoms with Crippen molar-refractivity contribution >= 4 is 5.71 Å². The van der Waals surface area contributed by atoms with E-state index in [2.05, 4.69) is 0 Å². The first-order chi connectivity index (χ1) is 7.00. The van der Waals surface area contributed by atoms with E-state index >= 15 is 0 Å². The van der Waals surface area contributed by atoms with Crippen molar-refractivity contribution in [2.24, 2.45) is 0 Å². The highest BCUT2D eigenvalue weighted by Crippen LogP contribution is 2.30. The average Bonchev–Trinajstić information content (AvgIpc) is 2.12. The summed E-state index contributed by atoms with van der Waals surface area (Å²) in [7, 11) is 0. The lowest BCUT2D eigenvalue weighted by Gasteiger charge is -2.06. The summed E-state index contributed by atoms with van der Waals surface area (Å²) < 4.78 is 12.9. The van der Waals surface area contributed by atoms with Crippen LogP contribution in [0.3, 0.4) is 0 Å². The van der Waals surface area contributed by atoms with E-state index in [0.29, 0.717) is 30.5 Å². The zero-order valence-electron chi connectivity index (χ0n) is 8.55. The Morgan fingerprint density at radius 1 is 1.40 bits per heavy atom. The van der Waals surface area contributed by atoms with Crippen molar-refractivity contribution in [3.8, 4) is 11.5 Å². The van der Waals surface area contributed by atoms with Crippen molar-refractivity contribution < 1.29 is 14.6 Å². The van der Waals surface area contributed by atoms with Crippen LogP contribution in [0.15, 0.2) is 12.1 Å². The number of benzene rings is 1. The Labute approximate surface area is 87.7 Å². The largest absolute Gasteiger partial charge is 0.504 e. The van der Waals surface area contributed by atoms with Crippen molar-refractivity contribution in [3.63, 3.8) is 0 Å².